The predicted molar refractivity (Wildman–Crippen MR) is 86.1 cm³/mol. The molecule has 5 nitrogen and oxygen atoms in total. The number of hydrogen-bond acceptors (Lipinski definition) is 5. The van der Waals surface area contributed by atoms with Gasteiger partial charge in [-0.3, -0.25) is 0 Å². The van der Waals surface area contributed by atoms with E-state index in [0.717, 1.165) is 13.7 Å². The van der Waals surface area contributed by atoms with E-state index in [9.17, 15) is 0 Å². The molecule has 0 fully saturated rings. The molecule has 1 heterocycles. The van der Waals surface area contributed by atoms with E-state index in [-0.39, 0.29) is 11.3 Å². The Labute approximate surface area is 137 Å². The van der Waals surface area contributed by atoms with Crippen LogP contribution in [-0.4, -0.2) is 21.6 Å². The number of aromatic nitrogens is 3. The molecule has 1 aromatic heterocycles. The Morgan fingerprint density at radius 2 is 2.16 bits per heavy atom. The van der Waals surface area contributed by atoms with E-state index in [1.54, 1.807) is 0 Å². The normalized spacial score (nSPS) is 10.3. The fraction of sp³-hybridized carbons (Fsp3) is 0.182. The maximum Gasteiger partial charge on any atom is 0.322 e. The molecule has 2 rings (SSSR count). The first-order valence-corrected chi connectivity index (χ1v) is 7.60. The Kier molecular flexibility index (Phi) is 5.17. The second kappa shape index (κ2) is 6.67. The molecule has 0 saturated carbocycles. The molecule has 0 amide bonds. The third kappa shape index (κ3) is 4.15. The summed E-state index contributed by atoms with van der Waals surface area (Å²) in [6.07, 6.45) is 0. The van der Waals surface area contributed by atoms with Gasteiger partial charge in [-0.05, 0) is 59.3 Å². The van der Waals surface area contributed by atoms with Gasteiger partial charge < -0.3 is 10.1 Å². The summed E-state index contributed by atoms with van der Waals surface area (Å²) in [4.78, 5) is 12.0. The van der Waals surface area contributed by atoms with Crippen LogP contribution in [0.2, 0.25) is 5.28 Å². The van der Waals surface area contributed by atoms with Crippen LogP contribution in [0.3, 0.4) is 0 Å². The molecule has 19 heavy (non-hydrogen) atoms. The minimum atomic E-state index is 0.0888. The Hall–Kier alpha value is -0.670. The Morgan fingerprint density at radius 3 is 2.89 bits per heavy atom. The molecule has 0 aliphatic carbocycles. The minimum absolute atomic E-state index is 0.0888. The van der Waals surface area contributed by atoms with Crippen LogP contribution in [0, 0.1) is 3.57 Å². The topological polar surface area (TPSA) is 59.9 Å². The van der Waals surface area contributed by atoms with Crippen molar-refractivity contribution in [1.29, 1.82) is 0 Å². The van der Waals surface area contributed by atoms with Gasteiger partial charge in [-0.2, -0.15) is 15.0 Å². The van der Waals surface area contributed by atoms with Gasteiger partial charge in [0.1, 0.15) is 0 Å². The summed E-state index contributed by atoms with van der Waals surface area (Å²) in [5.74, 6) is 0.347. The number of ether oxygens (including phenoxy) is 1. The van der Waals surface area contributed by atoms with Gasteiger partial charge in [-0.25, -0.2) is 0 Å². The zero-order chi connectivity index (χ0) is 13.8. The minimum Gasteiger partial charge on any atom is -0.464 e. The SMILES string of the molecule is CCOc1nc(Cl)nc(Nc2cc(Br)ccc2I)n1. The molecular formula is C11H9BrClIN4O. The molecule has 8 heteroatoms. The van der Waals surface area contributed by atoms with E-state index in [1.165, 1.54) is 0 Å². The first-order valence-electron chi connectivity index (χ1n) is 5.35. The van der Waals surface area contributed by atoms with Crippen LogP contribution in [0.4, 0.5) is 11.6 Å². The van der Waals surface area contributed by atoms with Crippen LogP contribution in [0.25, 0.3) is 0 Å². The fourth-order valence-corrected chi connectivity index (χ4v) is 2.28. The van der Waals surface area contributed by atoms with Crippen LogP contribution in [0.5, 0.6) is 6.01 Å². The molecule has 0 unspecified atom stereocenters. The largest absolute Gasteiger partial charge is 0.464 e. The average molecular weight is 455 g/mol. The summed E-state index contributed by atoms with van der Waals surface area (Å²) in [5, 5.41) is 3.18. The average Bonchev–Trinajstić information content (AvgIpc) is 2.33. The summed E-state index contributed by atoms with van der Waals surface area (Å²) in [6.45, 7) is 2.32. The quantitative estimate of drug-likeness (QED) is 0.706. The second-order valence-electron chi connectivity index (χ2n) is 3.39. The molecule has 0 aliphatic rings. The van der Waals surface area contributed by atoms with Gasteiger partial charge in [0, 0.05) is 8.04 Å². The number of nitrogens with zero attached hydrogens (tertiary/aromatic N) is 3. The highest BCUT2D eigenvalue weighted by atomic mass is 127. The monoisotopic (exact) mass is 454 g/mol. The third-order valence-electron chi connectivity index (χ3n) is 2.04. The molecule has 0 aliphatic heterocycles. The molecule has 0 radical (unpaired) electrons. The van der Waals surface area contributed by atoms with Crippen molar-refractivity contribution in [3.63, 3.8) is 0 Å². The van der Waals surface area contributed by atoms with E-state index in [0.29, 0.717) is 12.6 Å². The number of rotatable bonds is 4. The van der Waals surface area contributed by atoms with Crippen molar-refractivity contribution in [1.82, 2.24) is 15.0 Å². The van der Waals surface area contributed by atoms with Gasteiger partial charge in [0.25, 0.3) is 0 Å². The van der Waals surface area contributed by atoms with Crippen molar-refractivity contribution >= 4 is 61.8 Å². The number of benzene rings is 1. The summed E-state index contributed by atoms with van der Waals surface area (Å²) in [5.41, 5.74) is 0.875. The highest BCUT2D eigenvalue weighted by molar-refractivity contribution is 14.1. The zero-order valence-corrected chi connectivity index (χ0v) is 14.3. The van der Waals surface area contributed by atoms with Gasteiger partial charge in [-0.1, -0.05) is 15.9 Å². The number of nitrogens with one attached hydrogen (secondary N) is 1. The highest BCUT2D eigenvalue weighted by Crippen LogP contribution is 2.25. The third-order valence-corrected chi connectivity index (χ3v) is 3.64. The van der Waals surface area contributed by atoms with Gasteiger partial charge in [-0.15, -0.1) is 0 Å². The smallest absolute Gasteiger partial charge is 0.322 e. The van der Waals surface area contributed by atoms with Crippen molar-refractivity contribution in [2.75, 3.05) is 11.9 Å². The molecule has 0 atom stereocenters. The Bertz CT molecular complexity index is 599. The first kappa shape index (κ1) is 14.7. The molecule has 0 bridgehead atoms. The first-order chi connectivity index (χ1) is 9.08. The van der Waals surface area contributed by atoms with Crippen LogP contribution in [0.1, 0.15) is 6.92 Å². The van der Waals surface area contributed by atoms with Gasteiger partial charge in [0.2, 0.25) is 11.2 Å². The number of anilines is 2. The lowest BCUT2D eigenvalue weighted by Crippen LogP contribution is -2.04. The molecule has 0 saturated heterocycles. The maximum absolute atomic E-state index is 5.83. The van der Waals surface area contributed by atoms with Crippen molar-refractivity contribution in [3.8, 4) is 6.01 Å². The standard InChI is InChI=1S/C11H9BrClIN4O/c1-2-19-11-17-9(13)16-10(18-11)15-8-5-6(12)3-4-7(8)14/h3-5H,2H2,1H3,(H,15,16,17,18). The lowest BCUT2D eigenvalue weighted by atomic mass is 10.3. The summed E-state index contributed by atoms with van der Waals surface area (Å²) in [6, 6.07) is 6.06. The van der Waals surface area contributed by atoms with Crippen molar-refractivity contribution in [2.45, 2.75) is 6.92 Å². The Balaban J connectivity index is 2.29. The van der Waals surface area contributed by atoms with Crippen molar-refractivity contribution in [3.05, 3.63) is 31.5 Å². The molecule has 2 aromatic rings. The van der Waals surface area contributed by atoms with Crippen molar-refractivity contribution < 1.29 is 4.74 Å². The van der Waals surface area contributed by atoms with E-state index in [4.69, 9.17) is 16.3 Å². The molecule has 1 aromatic carbocycles. The van der Waals surface area contributed by atoms with Gasteiger partial charge >= 0.3 is 6.01 Å². The van der Waals surface area contributed by atoms with Crippen LogP contribution in [-0.2, 0) is 0 Å². The summed E-state index contributed by atoms with van der Waals surface area (Å²) >= 11 is 11.5. The van der Waals surface area contributed by atoms with Crippen LogP contribution < -0.4 is 10.1 Å². The maximum atomic E-state index is 5.83. The predicted octanol–water partition coefficient (Wildman–Crippen LogP) is 4.03. The molecule has 1 N–H and O–H groups in total. The molecule has 100 valence electrons. The van der Waals surface area contributed by atoms with E-state index in [2.05, 4.69) is 58.8 Å². The molecular weight excluding hydrogens is 446 g/mol. The van der Waals surface area contributed by atoms with Gasteiger partial charge in [0.05, 0.1) is 12.3 Å². The number of hydrogen-bond donors (Lipinski definition) is 1. The number of halogens is 3. The zero-order valence-electron chi connectivity index (χ0n) is 9.82. The second-order valence-corrected chi connectivity index (χ2v) is 5.81. The van der Waals surface area contributed by atoms with Crippen LogP contribution in [0.15, 0.2) is 22.7 Å². The lowest BCUT2D eigenvalue weighted by Gasteiger charge is -2.08. The van der Waals surface area contributed by atoms with E-state index in [1.807, 2.05) is 25.1 Å². The molecule has 0 spiro atoms. The van der Waals surface area contributed by atoms with Crippen molar-refractivity contribution in [2.24, 2.45) is 0 Å². The Morgan fingerprint density at radius 1 is 1.37 bits per heavy atom. The van der Waals surface area contributed by atoms with Gasteiger partial charge in [0.15, 0.2) is 0 Å². The fourth-order valence-electron chi connectivity index (χ4n) is 1.30. The lowest BCUT2D eigenvalue weighted by molar-refractivity contribution is 0.312. The summed E-state index contributed by atoms with van der Waals surface area (Å²) < 4.78 is 7.22. The van der Waals surface area contributed by atoms with Crippen LogP contribution >= 0.6 is 50.1 Å². The summed E-state index contributed by atoms with van der Waals surface area (Å²) in [7, 11) is 0. The van der Waals surface area contributed by atoms with E-state index >= 15 is 0 Å². The highest BCUT2D eigenvalue weighted by Gasteiger charge is 2.08. The van der Waals surface area contributed by atoms with E-state index < -0.39 is 0 Å².